The van der Waals surface area contributed by atoms with Crippen LogP contribution in [0.1, 0.15) is 16.7 Å². The molecule has 0 aliphatic carbocycles. The zero-order chi connectivity index (χ0) is 21.7. The number of aliphatic imine (C=N–C) groups is 1. The SMILES string of the molecule is Cc1ccc(NC(=O)COc2ccc(Br)cc2C=Nc2cccc(Cl)c2C)cc1Cl. The van der Waals surface area contributed by atoms with E-state index in [-0.39, 0.29) is 12.5 Å². The number of ether oxygens (including phenoxy) is 1. The Balaban J connectivity index is 1.72. The number of benzene rings is 3. The Kier molecular flexibility index (Phi) is 7.53. The van der Waals surface area contributed by atoms with Gasteiger partial charge in [-0.15, -0.1) is 0 Å². The number of rotatable bonds is 6. The minimum atomic E-state index is -0.286. The maximum absolute atomic E-state index is 12.3. The topological polar surface area (TPSA) is 50.7 Å². The van der Waals surface area contributed by atoms with Gasteiger partial charge in [-0.25, -0.2) is 0 Å². The minimum Gasteiger partial charge on any atom is -0.483 e. The number of carbonyl (C=O) groups excluding carboxylic acids is 1. The number of carbonyl (C=O) groups is 1. The van der Waals surface area contributed by atoms with E-state index in [1.807, 2.05) is 50.2 Å². The number of halogens is 3. The van der Waals surface area contributed by atoms with Gasteiger partial charge in [-0.05, 0) is 67.4 Å². The highest BCUT2D eigenvalue weighted by Crippen LogP contribution is 2.27. The standard InChI is InChI=1S/C23H19BrCl2N2O2/c1-14-6-8-18(11-20(14)26)28-23(29)13-30-22-9-7-17(24)10-16(22)12-27-21-5-3-4-19(25)15(21)2/h3-12H,13H2,1-2H3,(H,28,29). The second kappa shape index (κ2) is 10.1. The number of nitrogens with zero attached hydrogens (tertiary/aromatic N) is 1. The highest BCUT2D eigenvalue weighted by atomic mass is 79.9. The maximum atomic E-state index is 12.3. The van der Waals surface area contributed by atoms with E-state index in [9.17, 15) is 4.79 Å². The monoisotopic (exact) mass is 504 g/mol. The molecule has 0 saturated heterocycles. The van der Waals surface area contributed by atoms with Gasteiger partial charge in [-0.3, -0.25) is 9.79 Å². The lowest BCUT2D eigenvalue weighted by atomic mass is 10.2. The molecule has 0 aliphatic rings. The van der Waals surface area contributed by atoms with Crippen LogP contribution >= 0.6 is 39.1 Å². The van der Waals surface area contributed by atoms with E-state index < -0.39 is 0 Å². The Labute approximate surface area is 194 Å². The molecular formula is C23H19BrCl2N2O2. The molecule has 0 bridgehead atoms. The first kappa shape index (κ1) is 22.3. The minimum absolute atomic E-state index is 0.149. The summed E-state index contributed by atoms with van der Waals surface area (Å²) in [5, 5.41) is 4.03. The molecule has 0 saturated carbocycles. The van der Waals surface area contributed by atoms with E-state index in [2.05, 4.69) is 26.2 Å². The first-order valence-corrected chi connectivity index (χ1v) is 10.7. The summed E-state index contributed by atoms with van der Waals surface area (Å²) < 4.78 is 6.61. The van der Waals surface area contributed by atoms with Crippen LogP contribution in [0, 0.1) is 13.8 Å². The van der Waals surface area contributed by atoms with Crippen LogP contribution in [0.3, 0.4) is 0 Å². The van der Waals surface area contributed by atoms with Crippen molar-refractivity contribution in [3.8, 4) is 5.75 Å². The van der Waals surface area contributed by atoms with Crippen LogP contribution in [0.25, 0.3) is 0 Å². The Morgan fingerprint density at radius 1 is 1.10 bits per heavy atom. The van der Waals surface area contributed by atoms with Crippen LogP contribution in [0.15, 0.2) is 64.1 Å². The van der Waals surface area contributed by atoms with Crippen LogP contribution < -0.4 is 10.1 Å². The largest absolute Gasteiger partial charge is 0.483 e. The normalized spacial score (nSPS) is 11.0. The summed E-state index contributed by atoms with van der Waals surface area (Å²) in [4.78, 5) is 16.8. The zero-order valence-electron chi connectivity index (χ0n) is 16.4. The summed E-state index contributed by atoms with van der Waals surface area (Å²) in [6, 6.07) is 16.4. The highest BCUT2D eigenvalue weighted by molar-refractivity contribution is 9.10. The quantitative estimate of drug-likeness (QED) is 0.362. The van der Waals surface area contributed by atoms with Gasteiger partial charge in [0.15, 0.2) is 6.61 Å². The van der Waals surface area contributed by atoms with Gasteiger partial charge in [-0.2, -0.15) is 0 Å². The van der Waals surface area contributed by atoms with Gasteiger partial charge in [0.2, 0.25) is 0 Å². The third-order valence-electron chi connectivity index (χ3n) is 4.37. The lowest BCUT2D eigenvalue weighted by Crippen LogP contribution is -2.20. The van der Waals surface area contributed by atoms with E-state index >= 15 is 0 Å². The molecule has 1 amide bonds. The number of nitrogens with one attached hydrogen (secondary N) is 1. The summed E-state index contributed by atoms with van der Waals surface area (Å²) in [5.41, 5.74) is 3.95. The average molecular weight is 506 g/mol. The smallest absolute Gasteiger partial charge is 0.262 e. The summed E-state index contributed by atoms with van der Waals surface area (Å²) >= 11 is 15.7. The van der Waals surface area contributed by atoms with Crippen LogP contribution in [0.2, 0.25) is 10.0 Å². The second-order valence-corrected chi connectivity index (χ2v) is 8.36. The molecule has 30 heavy (non-hydrogen) atoms. The second-order valence-electron chi connectivity index (χ2n) is 6.63. The fourth-order valence-corrected chi connectivity index (χ4v) is 3.37. The molecule has 0 heterocycles. The Hall–Kier alpha value is -2.34. The number of amides is 1. The summed E-state index contributed by atoms with van der Waals surface area (Å²) in [6.45, 7) is 3.66. The Morgan fingerprint density at radius 3 is 2.67 bits per heavy atom. The predicted molar refractivity (Wildman–Crippen MR) is 128 cm³/mol. The number of aryl methyl sites for hydroxylation is 1. The van der Waals surface area contributed by atoms with Gasteiger partial charge in [0, 0.05) is 32.0 Å². The van der Waals surface area contributed by atoms with Gasteiger partial charge in [0.1, 0.15) is 5.75 Å². The lowest BCUT2D eigenvalue weighted by Gasteiger charge is -2.11. The van der Waals surface area contributed by atoms with Crippen molar-refractivity contribution in [2.45, 2.75) is 13.8 Å². The third kappa shape index (κ3) is 5.85. The van der Waals surface area contributed by atoms with Crippen molar-refractivity contribution in [2.24, 2.45) is 4.99 Å². The van der Waals surface area contributed by atoms with Crippen LogP contribution in [-0.2, 0) is 4.79 Å². The number of anilines is 1. The molecule has 1 N–H and O–H groups in total. The van der Waals surface area contributed by atoms with Crippen LogP contribution in [-0.4, -0.2) is 18.7 Å². The van der Waals surface area contributed by atoms with E-state index in [0.29, 0.717) is 21.5 Å². The van der Waals surface area contributed by atoms with Gasteiger partial charge in [-0.1, -0.05) is 51.3 Å². The number of hydrogen-bond donors (Lipinski definition) is 1. The van der Waals surface area contributed by atoms with E-state index in [1.54, 1.807) is 24.4 Å². The molecule has 154 valence electrons. The summed E-state index contributed by atoms with van der Waals surface area (Å²) in [5.74, 6) is 0.255. The van der Waals surface area contributed by atoms with Gasteiger partial charge in [0.25, 0.3) is 5.91 Å². The molecule has 3 rings (SSSR count). The lowest BCUT2D eigenvalue weighted by molar-refractivity contribution is -0.118. The van der Waals surface area contributed by atoms with Crippen LogP contribution in [0.5, 0.6) is 5.75 Å². The maximum Gasteiger partial charge on any atom is 0.262 e. The van der Waals surface area contributed by atoms with E-state index in [4.69, 9.17) is 27.9 Å². The van der Waals surface area contributed by atoms with Crippen molar-refractivity contribution < 1.29 is 9.53 Å². The fraction of sp³-hybridized carbons (Fsp3) is 0.130. The first-order valence-electron chi connectivity index (χ1n) is 9.11. The third-order valence-corrected chi connectivity index (χ3v) is 5.68. The average Bonchev–Trinajstić information content (AvgIpc) is 2.71. The van der Waals surface area contributed by atoms with Gasteiger partial charge in [0.05, 0.1) is 5.69 Å². The molecule has 0 aromatic heterocycles. The molecule has 4 nitrogen and oxygen atoms in total. The van der Waals surface area contributed by atoms with Crippen molar-refractivity contribution in [1.82, 2.24) is 0 Å². The summed E-state index contributed by atoms with van der Waals surface area (Å²) in [6.07, 6.45) is 1.69. The van der Waals surface area contributed by atoms with Gasteiger partial charge < -0.3 is 10.1 Å². The van der Waals surface area contributed by atoms with E-state index in [1.165, 1.54) is 0 Å². The molecule has 0 fully saturated rings. The highest BCUT2D eigenvalue weighted by Gasteiger charge is 2.09. The molecule has 0 radical (unpaired) electrons. The zero-order valence-corrected chi connectivity index (χ0v) is 19.5. The number of hydrogen-bond acceptors (Lipinski definition) is 3. The van der Waals surface area contributed by atoms with E-state index in [0.717, 1.165) is 26.9 Å². The van der Waals surface area contributed by atoms with Crippen molar-refractivity contribution in [3.05, 3.63) is 85.8 Å². The molecule has 0 spiro atoms. The molecule has 0 aliphatic heterocycles. The van der Waals surface area contributed by atoms with Crippen molar-refractivity contribution in [2.75, 3.05) is 11.9 Å². The Morgan fingerprint density at radius 2 is 1.90 bits per heavy atom. The molecular weight excluding hydrogens is 487 g/mol. The summed E-state index contributed by atoms with van der Waals surface area (Å²) in [7, 11) is 0. The molecule has 3 aromatic carbocycles. The van der Waals surface area contributed by atoms with Crippen molar-refractivity contribution in [1.29, 1.82) is 0 Å². The van der Waals surface area contributed by atoms with Gasteiger partial charge >= 0.3 is 0 Å². The molecule has 0 atom stereocenters. The van der Waals surface area contributed by atoms with Crippen molar-refractivity contribution >= 4 is 62.6 Å². The van der Waals surface area contributed by atoms with Crippen LogP contribution in [0.4, 0.5) is 11.4 Å². The fourth-order valence-electron chi connectivity index (χ4n) is 2.64. The van der Waals surface area contributed by atoms with Crippen molar-refractivity contribution in [3.63, 3.8) is 0 Å². The first-order chi connectivity index (χ1) is 14.3. The predicted octanol–water partition coefficient (Wildman–Crippen LogP) is 7.14. The molecule has 3 aromatic rings. The molecule has 0 unspecified atom stereocenters. The molecule has 7 heteroatoms. The Bertz CT molecular complexity index is 1120.